The number of hydrogen-bond donors (Lipinski definition) is 2. The van der Waals surface area contributed by atoms with E-state index in [1.165, 1.54) is 11.1 Å². The van der Waals surface area contributed by atoms with Crippen molar-refractivity contribution in [1.29, 1.82) is 0 Å². The second kappa shape index (κ2) is 3.19. The number of aliphatic carboxylic acids is 1. The van der Waals surface area contributed by atoms with Crippen LogP contribution in [0.1, 0.15) is 52.9 Å². The molecule has 18 heavy (non-hydrogen) atoms. The minimum Gasteiger partial charge on any atom is -0.481 e. The lowest BCUT2D eigenvalue weighted by Gasteiger charge is -2.42. The molecule has 2 saturated carbocycles. The molecule has 0 aromatic heterocycles. The molecule has 0 saturated heterocycles. The topological polar surface area (TPSA) is 57.5 Å². The molecule has 0 aromatic carbocycles. The Morgan fingerprint density at radius 3 is 2.39 bits per heavy atom. The fraction of sp³-hybridized carbons (Fsp3) is 0.800. The molecule has 0 amide bonds. The van der Waals surface area contributed by atoms with Gasteiger partial charge in [-0.3, -0.25) is 4.79 Å². The Balaban J connectivity index is 2.03. The summed E-state index contributed by atoms with van der Waals surface area (Å²) in [6, 6.07) is 0. The molecule has 3 rings (SSSR count). The third-order valence-electron chi connectivity index (χ3n) is 5.91. The van der Waals surface area contributed by atoms with E-state index in [-0.39, 0.29) is 11.3 Å². The number of rotatable bonds is 1. The number of fused-ring (bicyclic) bond motifs is 1. The smallest absolute Gasteiger partial charge is 0.309 e. The van der Waals surface area contributed by atoms with Gasteiger partial charge < -0.3 is 10.2 Å². The first-order chi connectivity index (χ1) is 8.22. The average Bonchev–Trinajstić information content (AvgIpc) is 2.98. The Labute approximate surface area is 108 Å². The van der Waals surface area contributed by atoms with E-state index in [1.807, 2.05) is 13.8 Å². The molecular formula is C15H22O3. The molecule has 3 heteroatoms. The minimum absolute atomic E-state index is 0.0252. The van der Waals surface area contributed by atoms with Gasteiger partial charge in [-0.1, -0.05) is 11.1 Å². The fourth-order valence-electron chi connectivity index (χ4n) is 4.53. The Morgan fingerprint density at radius 1 is 1.28 bits per heavy atom. The van der Waals surface area contributed by atoms with E-state index in [9.17, 15) is 15.0 Å². The van der Waals surface area contributed by atoms with Gasteiger partial charge in [-0.05, 0) is 58.8 Å². The number of carbonyl (C=O) groups is 1. The van der Waals surface area contributed by atoms with Crippen LogP contribution >= 0.6 is 0 Å². The second-order valence-electron chi connectivity index (χ2n) is 7.15. The number of allylic oxidation sites excluding steroid dienone is 1. The zero-order valence-corrected chi connectivity index (χ0v) is 11.4. The molecule has 0 bridgehead atoms. The van der Waals surface area contributed by atoms with Gasteiger partial charge >= 0.3 is 5.97 Å². The zero-order chi connectivity index (χ0) is 13.3. The molecule has 2 fully saturated rings. The molecule has 2 N–H and O–H groups in total. The molecule has 3 aliphatic carbocycles. The summed E-state index contributed by atoms with van der Waals surface area (Å²) >= 11 is 0. The monoisotopic (exact) mass is 250 g/mol. The van der Waals surface area contributed by atoms with Gasteiger partial charge in [0, 0.05) is 5.41 Å². The van der Waals surface area contributed by atoms with Crippen molar-refractivity contribution >= 4 is 5.97 Å². The third kappa shape index (κ3) is 1.31. The van der Waals surface area contributed by atoms with E-state index in [1.54, 1.807) is 0 Å². The molecule has 0 aliphatic heterocycles. The highest BCUT2D eigenvalue weighted by Gasteiger charge is 2.63. The number of hydrogen-bond acceptors (Lipinski definition) is 2. The van der Waals surface area contributed by atoms with Gasteiger partial charge in [-0.25, -0.2) is 0 Å². The van der Waals surface area contributed by atoms with Gasteiger partial charge in [0.15, 0.2) is 0 Å². The summed E-state index contributed by atoms with van der Waals surface area (Å²) in [5, 5.41) is 20.1. The van der Waals surface area contributed by atoms with Crippen LogP contribution in [0.4, 0.5) is 0 Å². The summed E-state index contributed by atoms with van der Waals surface area (Å²) in [6.07, 6.45) is 4.22. The lowest BCUT2D eigenvalue weighted by atomic mass is 9.67. The molecule has 0 heterocycles. The first-order valence-corrected chi connectivity index (χ1v) is 6.88. The van der Waals surface area contributed by atoms with Gasteiger partial charge in [0.2, 0.25) is 0 Å². The standard InChI is InChI=1S/C15H22O3/c1-9-11-8-13(2,12(16)17)6-10(11)7-14(3,18)15(9)4-5-15/h10,18H,4-8H2,1-3H3,(H,16,17)/t10-,13-,14-/m0/s1. The van der Waals surface area contributed by atoms with Crippen LogP contribution in [0.5, 0.6) is 0 Å². The molecule has 3 nitrogen and oxygen atoms in total. The molecular weight excluding hydrogens is 228 g/mol. The van der Waals surface area contributed by atoms with Crippen molar-refractivity contribution in [3.8, 4) is 0 Å². The SMILES string of the molecule is CC1=C2C[C@@](C)(C(=O)O)C[C@H]2C[C@](C)(O)C12CC2. The van der Waals surface area contributed by atoms with Crippen LogP contribution in [0.2, 0.25) is 0 Å². The van der Waals surface area contributed by atoms with E-state index in [2.05, 4.69) is 6.92 Å². The Kier molecular flexibility index (Phi) is 2.16. The van der Waals surface area contributed by atoms with Crippen molar-refractivity contribution in [2.24, 2.45) is 16.7 Å². The molecule has 100 valence electrons. The van der Waals surface area contributed by atoms with Crippen molar-refractivity contribution < 1.29 is 15.0 Å². The highest BCUT2D eigenvalue weighted by Crippen LogP contribution is 2.67. The molecule has 3 atom stereocenters. The van der Waals surface area contributed by atoms with Crippen LogP contribution < -0.4 is 0 Å². The highest BCUT2D eigenvalue weighted by atomic mass is 16.4. The number of carboxylic acid groups (broad SMARTS) is 1. The number of carboxylic acids is 1. The Hall–Kier alpha value is -0.830. The maximum Gasteiger partial charge on any atom is 0.309 e. The van der Waals surface area contributed by atoms with Crippen LogP contribution in [0.3, 0.4) is 0 Å². The highest BCUT2D eigenvalue weighted by molar-refractivity contribution is 5.75. The van der Waals surface area contributed by atoms with Crippen molar-refractivity contribution in [1.82, 2.24) is 0 Å². The van der Waals surface area contributed by atoms with Crippen LogP contribution in [0, 0.1) is 16.7 Å². The van der Waals surface area contributed by atoms with E-state index in [0.717, 1.165) is 19.3 Å². The van der Waals surface area contributed by atoms with Crippen LogP contribution in [-0.2, 0) is 4.79 Å². The van der Waals surface area contributed by atoms with Crippen molar-refractivity contribution in [2.75, 3.05) is 0 Å². The summed E-state index contributed by atoms with van der Waals surface area (Å²) in [7, 11) is 0. The van der Waals surface area contributed by atoms with E-state index in [0.29, 0.717) is 12.8 Å². The van der Waals surface area contributed by atoms with Crippen LogP contribution in [0.15, 0.2) is 11.1 Å². The molecule has 0 aromatic rings. The largest absolute Gasteiger partial charge is 0.481 e. The lowest BCUT2D eigenvalue weighted by molar-refractivity contribution is -0.147. The summed E-state index contributed by atoms with van der Waals surface area (Å²) in [4.78, 5) is 11.4. The van der Waals surface area contributed by atoms with Crippen molar-refractivity contribution in [3.05, 3.63) is 11.1 Å². The summed E-state index contributed by atoms with van der Waals surface area (Å²) in [5.41, 5.74) is 1.34. The second-order valence-corrected chi connectivity index (χ2v) is 7.15. The third-order valence-corrected chi connectivity index (χ3v) is 5.91. The van der Waals surface area contributed by atoms with Gasteiger partial charge in [0.25, 0.3) is 0 Å². The normalized spacial score (nSPS) is 45.2. The van der Waals surface area contributed by atoms with E-state index in [4.69, 9.17) is 0 Å². The minimum atomic E-state index is -0.693. The first-order valence-electron chi connectivity index (χ1n) is 6.88. The van der Waals surface area contributed by atoms with Crippen LogP contribution in [-0.4, -0.2) is 21.8 Å². The zero-order valence-electron chi connectivity index (χ0n) is 11.4. The maximum atomic E-state index is 11.4. The molecule has 1 spiro atoms. The molecule has 3 aliphatic rings. The first kappa shape index (κ1) is 12.2. The fourth-order valence-corrected chi connectivity index (χ4v) is 4.53. The van der Waals surface area contributed by atoms with Gasteiger partial charge in [-0.2, -0.15) is 0 Å². The van der Waals surface area contributed by atoms with Gasteiger partial charge in [0.05, 0.1) is 11.0 Å². The summed E-state index contributed by atoms with van der Waals surface area (Å²) in [6.45, 7) is 5.91. The van der Waals surface area contributed by atoms with Crippen molar-refractivity contribution in [3.63, 3.8) is 0 Å². The molecule has 0 unspecified atom stereocenters. The predicted molar refractivity (Wildman–Crippen MR) is 68.1 cm³/mol. The predicted octanol–water partition coefficient (Wildman–Crippen LogP) is 2.74. The van der Waals surface area contributed by atoms with Crippen molar-refractivity contribution in [2.45, 2.75) is 58.5 Å². The average molecular weight is 250 g/mol. The number of aliphatic hydroxyl groups is 1. The molecule has 0 radical (unpaired) electrons. The van der Waals surface area contributed by atoms with E-state index < -0.39 is 17.0 Å². The van der Waals surface area contributed by atoms with Crippen LogP contribution in [0.25, 0.3) is 0 Å². The maximum absolute atomic E-state index is 11.4. The van der Waals surface area contributed by atoms with E-state index >= 15 is 0 Å². The van der Waals surface area contributed by atoms with Gasteiger partial charge in [-0.15, -0.1) is 0 Å². The van der Waals surface area contributed by atoms with Gasteiger partial charge in [0.1, 0.15) is 0 Å². The Bertz CT molecular complexity index is 456. The Morgan fingerprint density at radius 2 is 1.89 bits per heavy atom. The summed E-state index contributed by atoms with van der Waals surface area (Å²) in [5.74, 6) is -0.422. The summed E-state index contributed by atoms with van der Waals surface area (Å²) < 4.78 is 0. The quantitative estimate of drug-likeness (QED) is 0.703. The lowest BCUT2D eigenvalue weighted by Crippen LogP contribution is -2.42.